The first-order chi connectivity index (χ1) is 7.52. The Bertz CT molecular complexity index is 471. The molecule has 7 heteroatoms. The number of carbonyl (C=O) groups excluding carboxylic acids is 2. The largest absolute Gasteiger partial charge is 0.496 e. The highest BCUT2D eigenvalue weighted by Crippen LogP contribution is 2.30. The van der Waals surface area contributed by atoms with Crippen LogP contribution in [0.5, 0.6) is 5.75 Å². The summed E-state index contributed by atoms with van der Waals surface area (Å²) in [6, 6.07) is 2.28. The second-order valence-electron chi connectivity index (χ2n) is 2.72. The molecular weight excluding hydrogens is 238 g/mol. The number of nitrogens with zero attached hydrogens (tertiary/aromatic N) is 1. The molecule has 0 aliphatic rings. The van der Waals surface area contributed by atoms with E-state index in [1.165, 1.54) is 13.2 Å². The van der Waals surface area contributed by atoms with Gasteiger partial charge in [-0.3, -0.25) is 19.7 Å². The number of ether oxygens (including phenoxy) is 1. The van der Waals surface area contributed by atoms with Crippen molar-refractivity contribution in [1.29, 1.82) is 0 Å². The van der Waals surface area contributed by atoms with Gasteiger partial charge < -0.3 is 4.74 Å². The normalized spacial score (nSPS) is 9.62. The maximum atomic E-state index is 11.1. The summed E-state index contributed by atoms with van der Waals surface area (Å²) in [6.45, 7) is 0. The lowest BCUT2D eigenvalue weighted by Crippen LogP contribution is -2.04. The van der Waals surface area contributed by atoms with Crippen LogP contribution in [0.1, 0.15) is 20.7 Å². The van der Waals surface area contributed by atoms with Crippen molar-refractivity contribution in [3.8, 4) is 5.75 Å². The first-order valence-corrected chi connectivity index (χ1v) is 4.41. The van der Waals surface area contributed by atoms with E-state index in [-0.39, 0.29) is 23.2 Å². The first kappa shape index (κ1) is 12.1. The van der Waals surface area contributed by atoms with Crippen molar-refractivity contribution in [2.45, 2.75) is 0 Å². The summed E-state index contributed by atoms with van der Waals surface area (Å²) in [6.07, 6.45) is 0.205. The Hall–Kier alpha value is -1.95. The van der Waals surface area contributed by atoms with Crippen LogP contribution in [-0.2, 0) is 0 Å². The van der Waals surface area contributed by atoms with E-state index >= 15 is 0 Å². The van der Waals surface area contributed by atoms with Crippen LogP contribution >= 0.6 is 11.6 Å². The van der Waals surface area contributed by atoms with Gasteiger partial charge in [0, 0.05) is 6.07 Å². The van der Waals surface area contributed by atoms with Crippen molar-refractivity contribution in [2.24, 2.45) is 0 Å². The Kier molecular flexibility index (Phi) is 3.57. The number of aldehydes is 1. The Morgan fingerprint density at radius 1 is 1.56 bits per heavy atom. The molecular formula is C9H6ClNO5. The summed E-state index contributed by atoms with van der Waals surface area (Å²) >= 11 is 5.25. The van der Waals surface area contributed by atoms with E-state index in [1.54, 1.807) is 0 Å². The zero-order valence-electron chi connectivity index (χ0n) is 8.10. The lowest BCUT2D eigenvalue weighted by Gasteiger charge is -2.06. The van der Waals surface area contributed by atoms with Gasteiger partial charge in [0.2, 0.25) is 0 Å². The minimum Gasteiger partial charge on any atom is -0.496 e. The molecule has 0 heterocycles. The molecule has 0 N–H and O–H groups in total. The summed E-state index contributed by atoms with van der Waals surface area (Å²) in [7, 11) is 1.26. The fourth-order valence-electron chi connectivity index (χ4n) is 1.24. The molecule has 16 heavy (non-hydrogen) atoms. The van der Waals surface area contributed by atoms with Crippen LogP contribution in [0.4, 0.5) is 5.69 Å². The number of hydrogen-bond acceptors (Lipinski definition) is 5. The van der Waals surface area contributed by atoms with E-state index in [0.29, 0.717) is 0 Å². The number of nitro benzene ring substituents is 1. The molecule has 0 fully saturated rings. The molecule has 0 spiro atoms. The van der Waals surface area contributed by atoms with Gasteiger partial charge in [-0.05, 0) is 17.7 Å². The third kappa shape index (κ3) is 2.01. The number of hydrogen-bond donors (Lipinski definition) is 0. The number of methoxy groups -OCH3 is 1. The van der Waals surface area contributed by atoms with Crippen molar-refractivity contribution in [3.63, 3.8) is 0 Å². The second-order valence-corrected chi connectivity index (χ2v) is 3.07. The molecule has 0 saturated heterocycles. The predicted octanol–water partition coefficient (Wildman–Crippen LogP) is 1.79. The summed E-state index contributed by atoms with van der Waals surface area (Å²) in [4.78, 5) is 31.7. The monoisotopic (exact) mass is 243 g/mol. The van der Waals surface area contributed by atoms with Gasteiger partial charge in [0.1, 0.15) is 11.3 Å². The third-order valence-corrected chi connectivity index (χ3v) is 2.10. The van der Waals surface area contributed by atoms with Gasteiger partial charge >= 0.3 is 0 Å². The lowest BCUT2D eigenvalue weighted by atomic mass is 10.1. The molecule has 0 bridgehead atoms. The van der Waals surface area contributed by atoms with E-state index in [9.17, 15) is 19.7 Å². The molecule has 0 atom stereocenters. The number of carbonyl (C=O) groups is 2. The van der Waals surface area contributed by atoms with Gasteiger partial charge in [0.25, 0.3) is 10.9 Å². The molecule has 0 aliphatic carbocycles. The average Bonchev–Trinajstić information content (AvgIpc) is 2.26. The van der Waals surface area contributed by atoms with Crippen LogP contribution in [0.25, 0.3) is 0 Å². The summed E-state index contributed by atoms with van der Waals surface area (Å²) in [5, 5.41) is 9.62. The molecule has 6 nitrogen and oxygen atoms in total. The molecule has 1 aromatic carbocycles. The maximum Gasteiger partial charge on any atom is 0.280 e. The molecule has 0 radical (unpaired) electrons. The SMILES string of the molecule is COc1ccc([N+](=O)[O-])c(C=O)c1C(=O)Cl. The van der Waals surface area contributed by atoms with Crippen LogP contribution in [0.3, 0.4) is 0 Å². The fourth-order valence-corrected chi connectivity index (χ4v) is 1.43. The van der Waals surface area contributed by atoms with Crippen LogP contribution in [0, 0.1) is 10.1 Å². The minimum atomic E-state index is -0.984. The number of rotatable bonds is 4. The Labute approximate surface area is 94.9 Å². The highest BCUT2D eigenvalue weighted by atomic mass is 35.5. The van der Waals surface area contributed by atoms with Crippen LogP contribution in [0.15, 0.2) is 12.1 Å². The van der Waals surface area contributed by atoms with Gasteiger partial charge in [-0.15, -0.1) is 0 Å². The Balaban J connectivity index is 3.62. The van der Waals surface area contributed by atoms with E-state index < -0.39 is 15.9 Å². The Morgan fingerprint density at radius 2 is 2.19 bits per heavy atom. The van der Waals surface area contributed by atoms with E-state index in [1.807, 2.05) is 0 Å². The molecule has 0 unspecified atom stereocenters. The summed E-state index contributed by atoms with van der Waals surface area (Å²) in [5.74, 6) is 0.0210. The topological polar surface area (TPSA) is 86.5 Å². The molecule has 84 valence electrons. The van der Waals surface area contributed by atoms with Gasteiger partial charge in [-0.1, -0.05) is 0 Å². The predicted molar refractivity (Wildman–Crippen MR) is 55.2 cm³/mol. The number of nitro groups is 1. The van der Waals surface area contributed by atoms with Gasteiger partial charge in [0.05, 0.1) is 17.6 Å². The van der Waals surface area contributed by atoms with Crippen molar-refractivity contribution >= 4 is 28.8 Å². The first-order valence-electron chi connectivity index (χ1n) is 4.03. The van der Waals surface area contributed by atoms with Crippen LogP contribution in [-0.4, -0.2) is 23.6 Å². The van der Waals surface area contributed by atoms with E-state index in [4.69, 9.17) is 16.3 Å². The molecule has 0 saturated carbocycles. The van der Waals surface area contributed by atoms with Gasteiger partial charge in [0.15, 0.2) is 6.29 Å². The third-order valence-electron chi connectivity index (χ3n) is 1.92. The summed E-state index contributed by atoms with van der Waals surface area (Å²) in [5.41, 5.74) is -1.17. The molecule has 0 aliphatic heterocycles. The number of halogens is 1. The van der Waals surface area contributed by atoms with Crippen molar-refractivity contribution in [3.05, 3.63) is 33.4 Å². The smallest absolute Gasteiger partial charge is 0.280 e. The zero-order chi connectivity index (χ0) is 12.3. The highest BCUT2D eigenvalue weighted by Gasteiger charge is 2.24. The van der Waals surface area contributed by atoms with Gasteiger partial charge in [-0.25, -0.2) is 0 Å². The second kappa shape index (κ2) is 4.71. The molecule has 1 rings (SSSR count). The van der Waals surface area contributed by atoms with E-state index in [0.717, 1.165) is 6.07 Å². The molecule has 0 amide bonds. The van der Waals surface area contributed by atoms with Crippen molar-refractivity contribution in [2.75, 3.05) is 7.11 Å². The van der Waals surface area contributed by atoms with Crippen LogP contribution in [0.2, 0.25) is 0 Å². The highest BCUT2D eigenvalue weighted by molar-refractivity contribution is 6.68. The lowest BCUT2D eigenvalue weighted by molar-refractivity contribution is -0.385. The van der Waals surface area contributed by atoms with Crippen LogP contribution < -0.4 is 4.74 Å². The molecule has 0 aromatic heterocycles. The average molecular weight is 244 g/mol. The minimum absolute atomic E-state index is 0.0210. The molecule has 1 aromatic rings. The van der Waals surface area contributed by atoms with Gasteiger partial charge in [-0.2, -0.15) is 0 Å². The van der Waals surface area contributed by atoms with Crippen molar-refractivity contribution < 1.29 is 19.2 Å². The quantitative estimate of drug-likeness (QED) is 0.348. The Morgan fingerprint density at radius 3 is 2.56 bits per heavy atom. The van der Waals surface area contributed by atoms with E-state index in [2.05, 4.69) is 0 Å². The standard InChI is InChI=1S/C9H6ClNO5/c1-16-7-3-2-6(11(14)15)5(4-12)8(7)9(10)13/h2-4H,1H3. The zero-order valence-corrected chi connectivity index (χ0v) is 8.85. The maximum absolute atomic E-state index is 11.1. The van der Waals surface area contributed by atoms with Crippen molar-refractivity contribution in [1.82, 2.24) is 0 Å². The fraction of sp³-hybridized carbons (Fsp3) is 0.111. The summed E-state index contributed by atoms with van der Waals surface area (Å²) < 4.78 is 4.80. The number of benzene rings is 1.